The van der Waals surface area contributed by atoms with Gasteiger partial charge in [-0.1, -0.05) is 12.1 Å². The van der Waals surface area contributed by atoms with E-state index in [1.54, 1.807) is 31.0 Å². The lowest BCUT2D eigenvalue weighted by Crippen LogP contribution is -2.06. The highest BCUT2D eigenvalue weighted by molar-refractivity contribution is 5.79. The Morgan fingerprint density at radius 1 is 1.21 bits per heavy atom. The number of methoxy groups -OCH3 is 2. The summed E-state index contributed by atoms with van der Waals surface area (Å²) in [4.78, 5) is 10.8. The molecule has 1 aromatic heterocycles. The van der Waals surface area contributed by atoms with Crippen LogP contribution in [0.5, 0.6) is 11.5 Å². The molecule has 28 heavy (non-hydrogen) atoms. The molecule has 2 heterocycles. The molecule has 1 aliphatic rings. The van der Waals surface area contributed by atoms with Gasteiger partial charge in [-0.2, -0.15) is 5.10 Å². The molecular formula is C20H20N4O4. The third-order valence-corrected chi connectivity index (χ3v) is 4.94. The number of nitro groups is 1. The second-order valence-electron chi connectivity index (χ2n) is 6.53. The molecule has 0 amide bonds. The van der Waals surface area contributed by atoms with Crippen LogP contribution in [0.1, 0.15) is 11.1 Å². The Labute approximate surface area is 161 Å². The van der Waals surface area contributed by atoms with Crippen molar-refractivity contribution in [2.75, 3.05) is 26.1 Å². The second kappa shape index (κ2) is 6.88. The van der Waals surface area contributed by atoms with Crippen molar-refractivity contribution >= 4 is 11.5 Å². The van der Waals surface area contributed by atoms with Gasteiger partial charge in [0, 0.05) is 29.8 Å². The Morgan fingerprint density at radius 2 is 2.04 bits per heavy atom. The van der Waals surface area contributed by atoms with Gasteiger partial charge in [0.25, 0.3) is 5.69 Å². The standard InChI is InChI=1S/C20H20N4O4/c1-12-7-8-13(24(25)26)11-16(12)23-20-15(9-10-21-20)18(22-23)14-5-4-6-17(27-2)19(14)28-3/h4-8,11,21H,9-10H2,1-3H3. The zero-order valence-electron chi connectivity index (χ0n) is 15.9. The van der Waals surface area contributed by atoms with Crippen LogP contribution < -0.4 is 14.8 Å². The summed E-state index contributed by atoms with van der Waals surface area (Å²) in [7, 11) is 3.19. The molecule has 0 radical (unpaired) electrons. The average molecular weight is 380 g/mol. The second-order valence-corrected chi connectivity index (χ2v) is 6.53. The van der Waals surface area contributed by atoms with Gasteiger partial charge in [0.1, 0.15) is 11.5 Å². The fraction of sp³-hybridized carbons (Fsp3) is 0.250. The van der Waals surface area contributed by atoms with E-state index in [4.69, 9.17) is 14.6 Å². The summed E-state index contributed by atoms with van der Waals surface area (Å²) in [5, 5.41) is 19.4. The highest BCUT2D eigenvalue weighted by Crippen LogP contribution is 2.42. The third-order valence-electron chi connectivity index (χ3n) is 4.94. The van der Waals surface area contributed by atoms with Crippen molar-refractivity contribution < 1.29 is 14.4 Å². The van der Waals surface area contributed by atoms with Crippen molar-refractivity contribution in [3.8, 4) is 28.4 Å². The number of aromatic nitrogens is 2. The molecular weight excluding hydrogens is 360 g/mol. The number of anilines is 1. The number of nitrogens with zero attached hydrogens (tertiary/aromatic N) is 3. The molecule has 0 bridgehead atoms. The van der Waals surface area contributed by atoms with Gasteiger partial charge in [0.05, 0.1) is 24.8 Å². The topological polar surface area (TPSA) is 91.5 Å². The minimum Gasteiger partial charge on any atom is -0.493 e. The summed E-state index contributed by atoms with van der Waals surface area (Å²) in [6.07, 6.45) is 0.805. The maximum absolute atomic E-state index is 11.2. The molecule has 0 atom stereocenters. The van der Waals surface area contributed by atoms with Crippen molar-refractivity contribution in [2.24, 2.45) is 0 Å². The van der Waals surface area contributed by atoms with Crippen molar-refractivity contribution in [3.63, 3.8) is 0 Å². The molecule has 0 fully saturated rings. The molecule has 1 aliphatic heterocycles. The van der Waals surface area contributed by atoms with Gasteiger partial charge in [-0.05, 0) is 31.0 Å². The predicted octanol–water partition coefficient (Wildman–Crippen LogP) is 3.74. The SMILES string of the molecule is COc1cccc(-c2nn(-c3cc([N+](=O)[O-])ccc3C)c3c2CCN3)c1OC. The van der Waals surface area contributed by atoms with E-state index in [0.717, 1.165) is 41.2 Å². The molecule has 8 nitrogen and oxygen atoms in total. The average Bonchev–Trinajstić information content (AvgIpc) is 3.30. The number of benzene rings is 2. The summed E-state index contributed by atoms with van der Waals surface area (Å²) < 4.78 is 12.8. The molecule has 0 saturated heterocycles. The lowest BCUT2D eigenvalue weighted by molar-refractivity contribution is -0.384. The van der Waals surface area contributed by atoms with E-state index in [1.165, 1.54) is 6.07 Å². The summed E-state index contributed by atoms with van der Waals surface area (Å²) in [6.45, 7) is 2.69. The minimum absolute atomic E-state index is 0.0309. The number of hydrogen-bond acceptors (Lipinski definition) is 6. The molecule has 144 valence electrons. The summed E-state index contributed by atoms with van der Waals surface area (Å²) in [5.41, 5.74) is 4.26. The van der Waals surface area contributed by atoms with Crippen LogP contribution in [0.2, 0.25) is 0 Å². The fourth-order valence-corrected chi connectivity index (χ4v) is 3.58. The van der Waals surface area contributed by atoms with E-state index in [2.05, 4.69) is 5.32 Å². The lowest BCUT2D eigenvalue weighted by atomic mass is 10.1. The number of aryl methyl sites for hydroxylation is 1. The van der Waals surface area contributed by atoms with Crippen LogP contribution in [0, 0.1) is 17.0 Å². The Hall–Kier alpha value is -3.55. The van der Waals surface area contributed by atoms with Crippen molar-refractivity contribution in [2.45, 2.75) is 13.3 Å². The number of nitro benzene ring substituents is 1. The molecule has 3 aromatic rings. The van der Waals surface area contributed by atoms with Crippen molar-refractivity contribution in [1.29, 1.82) is 0 Å². The molecule has 2 aromatic carbocycles. The lowest BCUT2D eigenvalue weighted by Gasteiger charge is -2.12. The summed E-state index contributed by atoms with van der Waals surface area (Å²) in [6, 6.07) is 10.5. The van der Waals surface area contributed by atoms with Gasteiger partial charge in [0.15, 0.2) is 11.5 Å². The van der Waals surface area contributed by atoms with Gasteiger partial charge < -0.3 is 14.8 Å². The summed E-state index contributed by atoms with van der Waals surface area (Å²) in [5.74, 6) is 2.09. The number of rotatable bonds is 5. The Morgan fingerprint density at radius 3 is 2.75 bits per heavy atom. The normalized spacial score (nSPS) is 12.4. The van der Waals surface area contributed by atoms with Gasteiger partial charge in [0.2, 0.25) is 0 Å². The number of ether oxygens (including phenoxy) is 2. The van der Waals surface area contributed by atoms with Gasteiger partial charge in [-0.3, -0.25) is 10.1 Å². The van der Waals surface area contributed by atoms with Crippen LogP contribution in [0.4, 0.5) is 11.5 Å². The number of para-hydroxylation sites is 1. The molecule has 1 N–H and O–H groups in total. The zero-order chi connectivity index (χ0) is 19.8. The van der Waals surface area contributed by atoms with E-state index in [-0.39, 0.29) is 5.69 Å². The molecule has 8 heteroatoms. The van der Waals surface area contributed by atoms with Crippen LogP contribution >= 0.6 is 0 Å². The quantitative estimate of drug-likeness (QED) is 0.535. The smallest absolute Gasteiger partial charge is 0.271 e. The van der Waals surface area contributed by atoms with Gasteiger partial charge >= 0.3 is 0 Å². The highest BCUT2D eigenvalue weighted by Gasteiger charge is 2.27. The number of non-ortho nitro benzene ring substituents is 1. The first-order valence-corrected chi connectivity index (χ1v) is 8.87. The number of nitrogens with one attached hydrogen (secondary N) is 1. The van der Waals surface area contributed by atoms with Gasteiger partial charge in [-0.15, -0.1) is 0 Å². The van der Waals surface area contributed by atoms with E-state index in [1.807, 2.05) is 25.1 Å². The Bertz CT molecular complexity index is 1070. The number of hydrogen-bond donors (Lipinski definition) is 1. The van der Waals surface area contributed by atoms with Crippen LogP contribution in [0.15, 0.2) is 36.4 Å². The summed E-state index contributed by atoms with van der Waals surface area (Å²) >= 11 is 0. The predicted molar refractivity (Wildman–Crippen MR) is 106 cm³/mol. The molecule has 0 unspecified atom stereocenters. The fourth-order valence-electron chi connectivity index (χ4n) is 3.58. The molecule has 0 spiro atoms. The molecule has 0 saturated carbocycles. The first-order chi connectivity index (χ1) is 13.5. The molecule has 4 rings (SSSR count). The Balaban J connectivity index is 1.94. The maximum atomic E-state index is 11.2. The zero-order valence-corrected chi connectivity index (χ0v) is 15.9. The first-order valence-electron chi connectivity index (χ1n) is 8.87. The number of fused-ring (bicyclic) bond motifs is 1. The largest absolute Gasteiger partial charge is 0.493 e. The van der Waals surface area contributed by atoms with Crippen LogP contribution in [0.25, 0.3) is 16.9 Å². The third kappa shape index (κ3) is 2.74. The van der Waals surface area contributed by atoms with E-state index in [9.17, 15) is 10.1 Å². The van der Waals surface area contributed by atoms with E-state index in [0.29, 0.717) is 17.2 Å². The highest BCUT2D eigenvalue weighted by atomic mass is 16.6. The maximum Gasteiger partial charge on any atom is 0.271 e. The molecule has 0 aliphatic carbocycles. The van der Waals surface area contributed by atoms with Crippen molar-refractivity contribution in [3.05, 3.63) is 57.6 Å². The first kappa shape index (κ1) is 17.8. The van der Waals surface area contributed by atoms with Gasteiger partial charge in [-0.25, -0.2) is 4.68 Å². The van der Waals surface area contributed by atoms with Crippen LogP contribution in [0.3, 0.4) is 0 Å². The van der Waals surface area contributed by atoms with E-state index >= 15 is 0 Å². The van der Waals surface area contributed by atoms with E-state index < -0.39 is 4.92 Å². The van der Waals surface area contributed by atoms with Crippen LogP contribution in [-0.2, 0) is 6.42 Å². The monoisotopic (exact) mass is 380 g/mol. The van der Waals surface area contributed by atoms with Crippen molar-refractivity contribution in [1.82, 2.24) is 9.78 Å². The van der Waals surface area contributed by atoms with Crippen LogP contribution in [-0.4, -0.2) is 35.5 Å². The Kier molecular flexibility index (Phi) is 4.38. The minimum atomic E-state index is -0.397.